The first-order valence-electron chi connectivity index (χ1n) is 4.82. The third kappa shape index (κ3) is 2.66. The molecule has 1 atom stereocenters. The second kappa shape index (κ2) is 5.18. The maximum Gasteiger partial charge on any atom is 0.0697 e. The number of anilines is 1. The van der Waals surface area contributed by atoms with Gasteiger partial charge in [0.25, 0.3) is 0 Å². The van der Waals surface area contributed by atoms with E-state index in [9.17, 15) is 0 Å². The van der Waals surface area contributed by atoms with Crippen LogP contribution in [-0.4, -0.2) is 5.37 Å². The first-order valence-corrected chi connectivity index (χ1v) is 5.87. The second-order valence-corrected chi connectivity index (χ2v) is 4.08. The number of benzene rings is 1. The lowest BCUT2D eigenvalue weighted by molar-refractivity contribution is 1.09. The molecule has 1 aromatic carbocycles. The molecule has 1 aromatic rings. The third-order valence-corrected chi connectivity index (χ3v) is 2.96. The van der Waals surface area contributed by atoms with Gasteiger partial charge < -0.3 is 5.32 Å². The van der Waals surface area contributed by atoms with Crippen LogP contribution >= 0.6 is 11.8 Å². The predicted molar refractivity (Wildman–Crippen MR) is 62.2 cm³/mol. The van der Waals surface area contributed by atoms with E-state index in [4.69, 9.17) is 0 Å². The van der Waals surface area contributed by atoms with Crippen LogP contribution in [0, 0.1) is 0 Å². The SMILES string of the molecule is CC.CC1Nc2ccccc2CS1. The summed E-state index contributed by atoms with van der Waals surface area (Å²) in [7, 11) is 0. The molecular formula is C11H17NS. The van der Waals surface area contributed by atoms with E-state index in [0.717, 1.165) is 5.75 Å². The lowest BCUT2D eigenvalue weighted by atomic mass is 10.2. The Hall–Kier alpha value is -0.630. The highest BCUT2D eigenvalue weighted by atomic mass is 32.2. The summed E-state index contributed by atoms with van der Waals surface area (Å²) in [4.78, 5) is 0. The van der Waals surface area contributed by atoms with Gasteiger partial charge in [-0.25, -0.2) is 0 Å². The molecule has 2 rings (SSSR count). The van der Waals surface area contributed by atoms with Gasteiger partial charge in [0.15, 0.2) is 0 Å². The molecule has 0 aromatic heterocycles. The van der Waals surface area contributed by atoms with Gasteiger partial charge in [0.2, 0.25) is 0 Å². The normalized spacial score (nSPS) is 19.2. The molecule has 72 valence electrons. The molecule has 0 saturated carbocycles. The van der Waals surface area contributed by atoms with Crippen LogP contribution in [0.2, 0.25) is 0 Å². The van der Waals surface area contributed by atoms with Crippen molar-refractivity contribution in [3.05, 3.63) is 29.8 Å². The van der Waals surface area contributed by atoms with Crippen LogP contribution in [0.5, 0.6) is 0 Å². The second-order valence-electron chi connectivity index (χ2n) is 2.75. The van der Waals surface area contributed by atoms with E-state index in [0.29, 0.717) is 5.37 Å². The molecule has 0 saturated heterocycles. The van der Waals surface area contributed by atoms with Crippen molar-refractivity contribution < 1.29 is 0 Å². The quantitative estimate of drug-likeness (QED) is 0.677. The standard InChI is InChI=1S/C9H11NS.C2H6/c1-7-10-9-5-3-2-4-8(9)6-11-7;1-2/h2-5,7,10H,6H2,1H3;1-2H3. The molecule has 0 radical (unpaired) electrons. The summed E-state index contributed by atoms with van der Waals surface area (Å²) >= 11 is 1.95. The van der Waals surface area contributed by atoms with Crippen LogP contribution in [0.1, 0.15) is 26.3 Å². The Morgan fingerprint density at radius 2 is 2.00 bits per heavy atom. The van der Waals surface area contributed by atoms with Gasteiger partial charge in [0.05, 0.1) is 5.37 Å². The van der Waals surface area contributed by atoms with Crippen LogP contribution in [0.3, 0.4) is 0 Å². The average Bonchev–Trinajstić information content (AvgIpc) is 2.21. The highest BCUT2D eigenvalue weighted by molar-refractivity contribution is 7.99. The number of rotatable bonds is 0. The van der Waals surface area contributed by atoms with Gasteiger partial charge >= 0.3 is 0 Å². The smallest absolute Gasteiger partial charge is 0.0697 e. The summed E-state index contributed by atoms with van der Waals surface area (Å²) in [5.74, 6) is 1.14. The Bertz CT molecular complexity index is 260. The van der Waals surface area contributed by atoms with E-state index in [2.05, 4.69) is 36.5 Å². The number of nitrogens with one attached hydrogen (secondary N) is 1. The minimum atomic E-state index is 0.560. The molecule has 0 amide bonds. The van der Waals surface area contributed by atoms with E-state index in [1.54, 1.807) is 0 Å². The topological polar surface area (TPSA) is 12.0 Å². The number of thioether (sulfide) groups is 1. The van der Waals surface area contributed by atoms with Crippen molar-refractivity contribution in [2.75, 3.05) is 5.32 Å². The Kier molecular flexibility index (Phi) is 4.16. The third-order valence-electron chi connectivity index (χ3n) is 1.86. The van der Waals surface area contributed by atoms with Gasteiger partial charge in [-0.15, -0.1) is 11.8 Å². The molecule has 0 spiro atoms. The van der Waals surface area contributed by atoms with Crippen molar-refractivity contribution in [1.82, 2.24) is 0 Å². The largest absolute Gasteiger partial charge is 0.373 e. The van der Waals surface area contributed by atoms with Crippen LogP contribution in [0.25, 0.3) is 0 Å². The van der Waals surface area contributed by atoms with E-state index in [1.165, 1.54) is 11.3 Å². The lowest BCUT2D eigenvalue weighted by Crippen LogP contribution is -2.16. The first-order chi connectivity index (χ1) is 6.36. The van der Waals surface area contributed by atoms with Gasteiger partial charge in [0.1, 0.15) is 0 Å². The molecule has 13 heavy (non-hydrogen) atoms. The zero-order chi connectivity index (χ0) is 9.68. The summed E-state index contributed by atoms with van der Waals surface area (Å²) < 4.78 is 0. The van der Waals surface area contributed by atoms with E-state index >= 15 is 0 Å². The summed E-state index contributed by atoms with van der Waals surface area (Å²) in [6.45, 7) is 6.20. The zero-order valence-electron chi connectivity index (χ0n) is 8.50. The van der Waals surface area contributed by atoms with Crippen LogP contribution in [0.15, 0.2) is 24.3 Å². The lowest BCUT2D eigenvalue weighted by Gasteiger charge is -2.23. The number of para-hydroxylation sites is 1. The predicted octanol–water partition coefficient (Wildman–Crippen LogP) is 3.72. The Morgan fingerprint density at radius 1 is 1.31 bits per heavy atom. The number of fused-ring (bicyclic) bond motifs is 1. The molecule has 1 nitrogen and oxygen atoms in total. The fraction of sp³-hybridized carbons (Fsp3) is 0.455. The molecule has 1 aliphatic heterocycles. The summed E-state index contributed by atoms with van der Waals surface area (Å²) in [6, 6.07) is 8.50. The average molecular weight is 195 g/mol. The maximum absolute atomic E-state index is 3.42. The minimum Gasteiger partial charge on any atom is -0.373 e. The van der Waals surface area contributed by atoms with E-state index in [1.807, 2.05) is 25.6 Å². The fourth-order valence-electron chi connectivity index (χ4n) is 1.26. The van der Waals surface area contributed by atoms with Crippen molar-refractivity contribution in [3.8, 4) is 0 Å². The van der Waals surface area contributed by atoms with E-state index < -0.39 is 0 Å². The molecule has 1 heterocycles. The molecule has 1 N–H and O–H groups in total. The van der Waals surface area contributed by atoms with Crippen LogP contribution in [0.4, 0.5) is 5.69 Å². The Balaban J connectivity index is 0.000000396. The van der Waals surface area contributed by atoms with Gasteiger partial charge in [0, 0.05) is 11.4 Å². The molecule has 1 aliphatic rings. The number of hydrogen-bond donors (Lipinski definition) is 1. The maximum atomic E-state index is 3.42. The Morgan fingerprint density at radius 3 is 2.77 bits per heavy atom. The van der Waals surface area contributed by atoms with Gasteiger partial charge in [-0.3, -0.25) is 0 Å². The highest BCUT2D eigenvalue weighted by Gasteiger charge is 2.12. The number of hydrogen-bond acceptors (Lipinski definition) is 2. The molecule has 0 fully saturated rings. The van der Waals surface area contributed by atoms with Crippen molar-refractivity contribution in [3.63, 3.8) is 0 Å². The molecule has 2 heteroatoms. The first kappa shape index (κ1) is 10.5. The molecular weight excluding hydrogens is 178 g/mol. The fourth-order valence-corrected chi connectivity index (χ4v) is 2.15. The Labute approximate surface area is 84.9 Å². The van der Waals surface area contributed by atoms with Gasteiger partial charge in [-0.05, 0) is 18.6 Å². The monoisotopic (exact) mass is 195 g/mol. The molecule has 1 unspecified atom stereocenters. The highest BCUT2D eigenvalue weighted by Crippen LogP contribution is 2.30. The molecule has 0 bridgehead atoms. The van der Waals surface area contributed by atoms with Gasteiger partial charge in [-0.2, -0.15) is 0 Å². The van der Waals surface area contributed by atoms with Crippen molar-refractivity contribution in [1.29, 1.82) is 0 Å². The van der Waals surface area contributed by atoms with Crippen LogP contribution in [-0.2, 0) is 5.75 Å². The summed E-state index contributed by atoms with van der Waals surface area (Å²) in [5.41, 5.74) is 2.73. The van der Waals surface area contributed by atoms with Gasteiger partial charge in [-0.1, -0.05) is 32.0 Å². The zero-order valence-corrected chi connectivity index (χ0v) is 9.32. The van der Waals surface area contributed by atoms with Crippen molar-refractivity contribution in [2.24, 2.45) is 0 Å². The minimum absolute atomic E-state index is 0.560. The van der Waals surface area contributed by atoms with Crippen molar-refractivity contribution >= 4 is 17.4 Å². The van der Waals surface area contributed by atoms with E-state index in [-0.39, 0.29) is 0 Å². The molecule has 0 aliphatic carbocycles. The summed E-state index contributed by atoms with van der Waals surface area (Å²) in [5, 5.41) is 3.98. The van der Waals surface area contributed by atoms with Crippen molar-refractivity contribution in [2.45, 2.75) is 31.9 Å². The van der Waals surface area contributed by atoms with Crippen LogP contribution < -0.4 is 5.32 Å². The summed E-state index contributed by atoms with van der Waals surface area (Å²) in [6.07, 6.45) is 0.